The third-order valence-corrected chi connectivity index (χ3v) is 15.4. The summed E-state index contributed by atoms with van der Waals surface area (Å²) in [4.78, 5) is 39.8. The molecule has 4 aliphatic heterocycles. The molecule has 0 bridgehead atoms. The lowest BCUT2D eigenvalue weighted by Gasteiger charge is -2.56. The third-order valence-electron chi connectivity index (χ3n) is 14.1. The minimum atomic E-state index is -4.67. The number of benzene rings is 3. The van der Waals surface area contributed by atoms with E-state index >= 15 is 0 Å². The zero-order chi connectivity index (χ0) is 44.9. The van der Waals surface area contributed by atoms with Gasteiger partial charge in [-0.15, -0.1) is 0 Å². The van der Waals surface area contributed by atoms with Gasteiger partial charge >= 0.3 is 5.69 Å². The fraction of sp³-hybridized carbons (Fsp3) is 0.458. The van der Waals surface area contributed by atoms with E-state index in [1.165, 1.54) is 43.0 Å². The van der Waals surface area contributed by atoms with Crippen LogP contribution in [0, 0.1) is 15.5 Å². The van der Waals surface area contributed by atoms with Crippen molar-refractivity contribution in [2.75, 3.05) is 64.0 Å². The molecule has 1 amide bonds. The summed E-state index contributed by atoms with van der Waals surface area (Å²) in [7, 11) is -4.67. The third kappa shape index (κ3) is 8.74. The SMILES string of the molecule is CC(C)c1ccccc1[C@H]1CCCN1C1CC2(CCN(c3ccc(C(=O)NS(=O)(=O)c4cc5c(c([N+](=O)[O-])c4)O[C@H](CN4CCOCC4)CO5)c(Oc4cnc5[nH]ccc5c4)c3)CC2)C1. The van der Waals surface area contributed by atoms with Gasteiger partial charge in [-0.25, -0.2) is 18.1 Å². The first-order valence-corrected chi connectivity index (χ1v) is 24.2. The first kappa shape index (κ1) is 43.2. The highest BCUT2D eigenvalue weighted by atomic mass is 32.2. The average Bonchev–Trinajstić information content (AvgIpc) is 3.98. The number of nitro groups is 1. The Morgan fingerprint density at radius 3 is 2.62 bits per heavy atom. The summed E-state index contributed by atoms with van der Waals surface area (Å²) in [6.45, 7) is 10.4. The van der Waals surface area contributed by atoms with Crippen LogP contribution >= 0.6 is 0 Å². The highest BCUT2D eigenvalue weighted by Crippen LogP contribution is 2.54. The largest absolute Gasteiger partial charge is 0.485 e. The van der Waals surface area contributed by atoms with Crippen molar-refractivity contribution in [2.45, 2.75) is 81.4 Å². The van der Waals surface area contributed by atoms with Crippen LogP contribution < -0.4 is 23.8 Å². The van der Waals surface area contributed by atoms with E-state index in [1.54, 1.807) is 24.4 Å². The molecule has 5 aliphatic rings. The number of likely N-dealkylation sites (tertiary alicyclic amines) is 1. The predicted molar refractivity (Wildman–Crippen MR) is 244 cm³/mol. The lowest BCUT2D eigenvalue weighted by Crippen LogP contribution is -2.54. The van der Waals surface area contributed by atoms with E-state index in [0.717, 1.165) is 55.7 Å². The molecule has 5 aromatic rings. The van der Waals surface area contributed by atoms with Crippen LogP contribution in [-0.4, -0.2) is 110 Å². The molecule has 0 unspecified atom stereocenters. The number of nitrogens with zero attached hydrogens (tertiary/aromatic N) is 5. The fourth-order valence-electron chi connectivity index (χ4n) is 10.7. The van der Waals surface area contributed by atoms with Gasteiger partial charge < -0.3 is 28.8 Å². The van der Waals surface area contributed by atoms with Crippen molar-refractivity contribution in [3.05, 3.63) is 106 Å². The number of sulfonamides is 1. The van der Waals surface area contributed by atoms with Crippen LogP contribution in [0.4, 0.5) is 11.4 Å². The number of pyridine rings is 1. The molecule has 342 valence electrons. The Hall–Kier alpha value is -5.75. The summed E-state index contributed by atoms with van der Waals surface area (Å²) in [6.07, 6.45) is 9.70. The molecule has 1 aliphatic carbocycles. The van der Waals surface area contributed by atoms with Gasteiger partial charge in [-0.3, -0.25) is 24.7 Å². The fourth-order valence-corrected chi connectivity index (χ4v) is 11.7. The number of hydrogen-bond donors (Lipinski definition) is 2. The zero-order valence-electron chi connectivity index (χ0n) is 36.7. The van der Waals surface area contributed by atoms with Crippen molar-refractivity contribution >= 4 is 38.3 Å². The van der Waals surface area contributed by atoms with Gasteiger partial charge in [0.15, 0.2) is 5.75 Å². The number of ether oxygens (including phenoxy) is 4. The van der Waals surface area contributed by atoms with Gasteiger partial charge in [-0.1, -0.05) is 38.1 Å². The van der Waals surface area contributed by atoms with E-state index < -0.39 is 37.5 Å². The maximum Gasteiger partial charge on any atom is 0.316 e. The quantitative estimate of drug-likeness (QED) is 0.0926. The minimum absolute atomic E-state index is 0.0426. The molecule has 3 aromatic carbocycles. The van der Waals surface area contributed by atoms with Crippen LogP contribution in [0.25, 0.3) is 11.0 Å². The zero-order valence-corrected chi connectivity index (χ0v) is 37.6. The number of rotatable bonds is 12. The van der Waals surface area contributed by atoms with Crippen LogP contribution in [0.15, 0.2) is 84.0 Å². The van der Waals surface area contributed by atoms with Crippen molar-refractivity contribution in [1.82, 2.24) is 24.5 Å². The number of nitrogens with one attached hydrogen (secondary N) is 2. The number of aromatic nitrogens is 2. The number of morpholine rings is 1. The van der Waals surface area contributed by atoms with E-state index in [-0.39, 0.29) is 29.4 Å². The second-order valence-corrected chi connectivity index (χ2v) is 20.2. The number of aromatic amines is 1. The molecule has 2 aromatic heterocycles. The monoisotopic (exact) mass is 905 g/mol. The number of piperidine rings is 1. The van der Waals surface area contributed by atoms with Gasteiger partial charge in [0.1, 0.15) is 29.9 Å². The molecule has 2 N–H and O–H groups in total. The Morgan fingerprint density at radius 1 is 1.03 bits per heavy atom. The minimum Gasteiger partial charge on any atom is -0.485 e. The van der Waals surface area contributed by atoms with Crippen molar-refractivity contribution in [3.63, 3.8) is 0 Å². The molecule has 16 nitrogen and oxygen atoms in total. The highest BCUT2D eigenvalue weighted by molar-refractivity contribution is 7.90. The maximum atomic E-state index is 14.1. The van der Waals surface area contributed by atoms with Gasteiger partial charge in [-0.05, 0) is 91.8 Å². The summed E-state index contributed by atoms with van der Waals surface area (Å²) >= 11 is 0. The highest BCUT2D eigenvalue weighted by Gasteiger charge is 2.50. The number of amides is 1. The molecule has 1 saturated carbocycles. The Morgan fingerprint density at radius 2 is 1.83 bits per heavy atom. The number of H-pyrrole nitrogens is 1. The van der Waals surface area contributed by atoms with Crippen LogP contribution in [0.3, 0.4) is 0 Å². The Balaban J connectivity index is 0.853. The molecule has 0 radical (unpaired) electrons. The van der Waals surface area contributed by atoms with Crippen molar-refractivity contribution in [2.24, 2.45) is 5.41 Å². The number of fused-ring (bicyclic) bond motifs is 2. The molecule has 65 heavy (non-hydrogen) atoms. The Labute approximate surface area is 378 Å². The summed E-state index contributed by atoms with van der Waals surface area (Å²) in [5.74, 6) is -0.246. The number of nitro benzene ring substituents is 1. The molecule has 3 saturated heterocycles. The lowest BCUT2D eigenvalue weighted by molar-refractivity contribution is -0.386. The number of carbonyl (C=O) groups excluding carboxylic acids is 1. The van der Waals surface area contributed by atoms with Gasteiger partial charge in [0.05, 0.1) is 34.8 Å². The van der Waals surface area contributed by atoms with Gasteiger partial charge in [0, 0.05) is 80.3 Å². The predicted octanol–water partition coefficient (Wildman–Crippen LogP) is 7.56. The van der Waals surface area contributed by atoms with E-state index in [0.29, 0.717) is 67.7 Å². The topological polar surface area (TPSA) is 182 Å². The second-order valence-electron chi connectivity index (χ2n) is 18.5. The van der Waals surface area contributed by atoms with Crippen molar-refractivity contribution in [1.29, 1.82) is 0 Å². The van der Waals surface area contributed by atoms with E-state index in [4.69, 9.17) is 18.9 Å². The van der Waals surface area contributed by atoms with Crippen molar-refractivity contribution in [3.8, 4) is 23.0 Å². The van der Waals surface area contributed by atoms with E-state index in [1.807, 2.05) is 12.1 Å². The molecular weight excluding hydrogens is 851 g/mol. The molecule has 10 rings (SSSR count). The smallest absolute Gasteiger partial charge is 0.316 e. The summed E-state index contributed by atoms with van der Waals surface area (Å²) in [6, 6.07) is 20.8. The molecule has 1 spiro atoms. The van der Waals surface area contributed by atoms with Gasteiger partial charge in [-0.2, -0.15) is 0 Å². The molecule has 6 heterocycles. The first-order valence-electron chi connectivity index (χ1n) is 22.8. The second kappa shape index (κ2) is 17.6. The molecule has 4 fully saturated rings. The summed E-state index contributed by atoms with van der Waals surface area (Å²) < 4.78 is 53.6. The Bertz CT molecular complexity index is 2700. The lowest BCUT2D eigenvalue weighted by atomic mass is 9.59. The molecule has 2 atom stereocenters. The number of carbonyl (C=O) groups is 1. The normalized spacial score (nSPS) is 21.4. The van der Waals surface area contributed by atoms with Gasteiger partial charge in [0.25, 0.3) is 15.9 Å². The van der Waals surface area contributed by atoms with Gasteiger partial charge in [0.2, 0.25) is 5.75 Å². The summed E-state index contributed by atoms with van der Waals surface area (Å²) in [5.41, 5.74) is 4.13. The Kier molecular flexibility index (Phi) is 11.7. The van der Waals surface area contributed by atoms with E-state index in [9.17, 15) is 23.3 Å². The standard InChI is InChI=1S/C48H55N7O9S/c1-31(2)38-6-3-4-7-39(38)41-8-5-15-54(41)34-26-48(27-34)12-16-53(17-13-48)33-9-10-40(43(23-33)63-35-22-32-11-14-49-46(32)50-28-35)47(56)51-65(59,60)37-24-42(55(57)58)45-44(25-37)62-30-36(64-45)29-52-18-20-61-21-19-52/h3-4,6-7,9-11,14,22-25,28,31,34,36,41H,5,8,12-13,15-21,26-27,29-30H2,1-2H3,(H,49,50)(H,51,56)/t36-,41-/m1/s1. The average molecular weight is 906 g/mol. The van der Waals surface area contributed by atoms with Crippen LogP contribution in [0.5, 0.6) is 23.0 Å². The van der Waals surface area contributed by atoms with Crippen LogP contribution in [0.1, 0.15) is 85.8 Å². The first-order chi connectivity index (χ1) is 31.4. The number of hydrogen-bond acceptors (Lipinski definition) is 13. The van der Waals surface area contributed by atoms with Crippen molar-refractivity contribution < 1.29 is 37.1 Å². The van der Waals surface area contributed by atoms with Crippen LogP contribution in [-0.2, 0) is 14.8 Å². The summed E-state index contributed by atoms with van der Waals surface area (Å²) in [5, 5.41) is 13.1. The maximum absolute atomic E-state index is 14.1. The van der Waals surface area contributed by atoms with Crippen LogP contribution in [0.2, 0.25) is 0 Å². The number of anilines is 1. The molecule has 17 heteroatoms. The van der Waals surface area contributed by atoms with E-state index in [2.05, 4.69) is 67.5 Å². The molecular formula is C48H55N7O9S.